The summed E-state index contributed by atoms with van der Waals surface area (Å²) in [4.78, 5) is 2.58. The molecule has 4 nitrogen and oxygen atoms in total. The van der Waals surface area contributed by atoms with E-state index < -0.39 is 0 Å². The maximum atomic E-state index is 8.95. The van der Waals surface area contributed by atoms with E-state index in [-0.39, 0.29) is 0 Å². The van der Waals surface area contributed by atoms with Gasteiger partial charge >= 0.3 is 0 Å². The van der Waals surface area contributed by atoms with Crippen molar-refractivity contribution in [3.05, 3.63) is 23.8 Å². The smallest absolute Gasteiger partial charge is 0.101 e. The normalized spacial score (nSPS) is 19.5. The third kappa shape index (κ3) is 3.88. The van der Waals surface area contributed by atoms with Crippen LogP contribution in [0.1, 0.15) is 38.2 Å². The molecule has 1 aliphatic rings. The van der Waals surface area contributed by atoms with Crippen LogP contribution in [0.3, 0.4) is 0 Å². The third-order valence-corrected chi connectivity index (χ3v) is 4.07. The number of nitrogens with zero attached hydrogens (tertiary/aromatic N) is 2. The van der Waals surface area contributed by atoms with Crippen molar-refractivity contribution in [2.75, 3.05) is 30.7 Å². The van der Waals surface area contributed by atoms with E-state index in [0.717, 1.165) is 31.2 Å². The lowest BCUT2D eigenvalue weighted by Crippen LogP contribution is -2.38. The number of nitrogens with two attached hydrogens (primary N) is 1. The van der Waals surface area contributed by atoms with Crippen molar-refractivity contribution < 1.29 is 0 Å². The predicted molar refractivity (Wildman–Crippen MR) is 83.6 cm³/mol. The third-order valence-electron chi connectivity index (χ3n) is 4.07. The summed E-state index contributed by atoms with van der Waals surface area (Å²) in [5.74, 6) is 0. The van der Waals surface area contributed by atoms with Gasteiger partial charge in [-0.2, -0.15) is 5.26 Å². The number of anilines is 2. The zero-order chi connectivity index (χ0) is 14.4. The molecule has 1 saturated heterocycles. The zero-order valence-electron chi connectivity index (χ0n) is 12.2. The Hall–Kier alpha value is -1.73. The van der Waals surface area contributed by atoms with Crippen LogP contribution in [0.25, 0.3) is 0 Å². The quantitative estimate of drug-likeness (QED) is 0.639. The molecule has 0 amide bonds. The van der Waals surface area contributed by atoms with Gasteiger partial charge in [0.05, 0.1) is 5.56 Å². The average Bonchev–Trinajstić information content (AvgIpc) is 2.47. The predicted octanol–water partition coefficient (Wildman–Crippen LogP) is 2.82. The maximum absolute atomic E-state index is 8.95. The monoisotopic (exact) mass is 272 g/mol. The Bertz CT molecular complexity index is 478. The number of hydrogen-bond donors (Lipinski definition) is 2. The van der Waals surface area contributed by atoms with Crippen LogP contribution in [0.2, 0.25) is 0 Å². The van der Waals surface area contributed by atoms with Gasteiger partial charge in [0.2, 0.25) is 0 Å². The van der Waals surface area contributed by atoms with Crippen LogP contribution in [0.15, 0.2) is 18.2 Å². The van der Waals surface area contributed by atoms with Crippen LogP contribution in [0, 0.1) is 11.3 Å². The van der Waals surface area contributed by atoms with Crippen molar-refractivity contribution in [2.24, 2.45) is 0 Å². The molecule has 1 aromatic rings. The first-order valence-electron chi connectivity index (χ1n) is 7.48. The Kier molecular flexibility index (Phi) is 5.25. The second-order valence-electron chi connectivity index (χ2n) is 5.57. The number of rotatable bonds is 5. The molecule has 0 aromatic heterocycles. The van der Waals surface area contributed by atoms with E-state index in [1.807, 2.05) is 12.1 Å². The summed E-state index contributed by atoms with van der Waals surface area (Å²) in [5, 5.41) is 12.3. The van der Waals surface area contributed by atoms with Crippen molar-refractivity contribution in [2.45, 2.75) is 38.6 Å². The molecule has 0 aliphatic carbocycles. The lowest BCUT2D eigenvalue weighted by atomic mass is 10.0. The molecule has 1 aromatic carbocycles. The summed E-state index contributed by atoms with van der Waals surface area (Å²) < 4.78 is 0. The van der Waals surface area contributed by atoms with Gasteiger partial charge in [-0.15, -0.1) is 0 Å². The molecular weight excluding hydrogens is 248 g/mol. The van der Waals surface area contributed by atoms with Crippen molar-refractivity contribution in [3.8, 4) is 6.07 Å². The van der Waals surface area contributed by atoms with E-state index in [9.17, 15) is 0 Å². The maximum Gasteiger partial charge on any atom is 0.101 e. The summed E-state index contributed by atoms with van der Waals surface area (Å²) in [6.45, 7) is 5.64. The van der Waals surface area contributed by atoms with Crippen molar-refractivity contribution >= 4 is 11.4 Å². The van der Waals surface area contributed by atoms with Crippen molar-refractivity contribution in [1.29, 1.82) is 5.26 Å². The summed E-state index contributed by atoms with van der Waals surface area (Å²) in [7, 11) is 0. The molecule has 1 unspecified atom stereocenters. The lowest BCUT2D eigenvalue weighted by Gasteiger charge is -2.33. The Labute approximate surface area is 121 Å². The van der Waals surface area contributed by atoms with Crippen LogP contribution >= 0.6 is 0 Å². The van der Waals surface area contributed by atoms with E-state index >= 15 is 0 Å². The van der Waals surface area contributed by atoms with Crippen LogP contribution < -0.4 is 11.1 Å². The van der Waals surface area contributed by atoms with Gasteiger partial charge in [0.15, 0.2) is 0 Å². The highest BCUT2D eigenvalue weighted by Crippen LogP contribution is 2.18. The van der Waals surface area contributed by atoms with Gasteiger partial charge in [0, 0.05) is 30.5 Å². The SMILES string of the molecule is CC1CCCCN1CCCNc1ccc(N)c(C#N)c1. The number of hydrogen-bond acceptors (Lipinski definition) is 4. The number of nitrogen functional groups attached to an aromatic ring is 1. The molecule has 2 rings (SSSR count). The molecule has 0 spiro atoms. The summed E-state index contributed by atoms with van der Waals surface area (Å²) in [6, 6.07) is 8.37. The van der Waals surface area contributed by atoms with Gasteiger partial charge in [0.1, 0.15) is 6.07 Å². The second kappa shape index (κ2) is 7.16. The molecule has 108 valence electrons. The average molecular weight is 272 g/mol. The van der Waals surface area contributed by atoms with Gasteiger partial charge in [-0.1, -0.05) is 6.42 Å². The Morgan fingerprint density at radius 1 is 1.45 bits per heavy atom. The Morgan fingerprint density at radius 3 is 3.05 bits per heavy atom. The number of benzene rings is 1. The van der Waals surface area contributed by atoms with E-state index in [0.29, 0.717) is 11.3 Å². The van der Waals surface area contributed by atoms with Crippen molar-refractivity contribution in [1.82, 2.24) is 4.90 Å². The summed E-state index contributed by atoms with van der Waals surface area (Å²) >= 11 is 0. The number of piperidine rings is 1. The van der Waals surface area contributed by atoms with Gasteiger partial charge in [-0.25, -0.2) is 0 Å². The van der Waals surface area contributed by atoms with Gasteiger partial charge in [0.25, 0.3) is 0 Å². The first kappa shape index (κ1) is 14.7. The minimum Gasteiger partial charge on any atom is -0.398 e. The van der Waals surface area contributed by atoms with Gasteiger partial charge < -0.3 is 16.0 Å². The lowest BCUT2D eigenvalue weighted by molar-refractivity contribution is 0.160. The van der Waals surface area contributed by atoms with Crippen LogP contribution in [0.5, 0.6) is 0 Å². The van der Waals surface area contributed by atoms with Crippen LogP contribution in [0.4, 0.5) is 11.4 Å². The summed E-state index contributed by atoms with van der Waals surface area (Å²) in [5.41, 5.74) is 7.77. The van der Waals surface area contributed by atoms with Crippen LogP contribution in [-0.4, -0.2) is 30.6 Å². The molecule has 3 N–H and O–H groups in total. The molecule has 4 heteroatoms. The zero-order valence-corrected chi connectivity index (χ0v) is 12.2. The van der Waals surface area contributed by atoms with E-state index in [2.05, 4.69) is 23.2 Å². The fourth-order valence-electron chi connectivity index (χ4n) is 2.77. The molecule has 20 heavy (non-hydrogen) atoms. The molecule has 1 aliphatic heterocycles. The minimum atomic E-state index is 0.541. The first-order valence-corrected chi connectivity index (χ1v) is 7.48. The Morgan fingerprint density at radius 2 is 2.30 bits per heavy atom. The number of likely N-dealkylation sites (tertiary alicyclic amines) is 1. The Balaban J connectivity index is 1.74. The largest absolute Gasteiger partial charge is 0.398 e. The van der Waals surface area contributed by atoms with Crippen LogP contribution in [-0.2, 0) is 0 Å². The molecule has 0 radical (unpaired) electrons. The first-order chi connectivity index (χ1) is 9.70. The number of nitrogens with one attached hydrogen (secondary N) is 1. The molecular formula is C16H24N4. The molecule has 0 bridgehead atoms. The number of nitriles is 1. The molecule has 1 heterocycles. The standard InChI is InChI=1S/C16H24N4/c1-13-5-2-3-9-20(13)10-4-8-19-15-6-7-16(18)14(11-15)12-17/h6-7,11,13,19H,2-5,8-10,18H2,1H3. The fourth-order valence-corrected chi connectivity index (χ4v) is 2.77. The fraction of sp³-hybridized carbons (Fsp3) is 0.562. The highest BCUT2D eigenvalue weighted by molar-refractivity contribution is 5.61. The summed E-state index contributed by atoms with van der Waals surface area (Å²) in [6.07, 6.45) is 5.16. The van der Waals surface area contributed by atoms with Gasteiger partial charge in [-0.05, 0) is 50.9 Å². The molecule has 1 atom stereocenters. The minimum absolute atomic E-state index is 0.541. The molecule has 1 fully saturated rings. The highest BCUT2D eigenvalue weighted by Gasteiger charge is 2.16. The van der Waals surface area contributed by atoms with E-state index in [1.54, 1.807) is 6.07 Å². The topological polar surface area (TPSA) is 65.1 Å². The van der Waals surface area contributed by atoms with Gasteiger partial charge in [-0.3, -0.25) is 0 Å². The highest BCUT2D eigenvalue weighted by atomic mass is 15.2. The van der Waals surface area contributed by atoms with Crippen molar-refractivity contribution in [3.63, 3.8) is 0 Å². The van der Waals surface area contributed by atoms with E-state index in [1.165, 1.54) is 25.8 Å². The second-order valence-corrected chi connectivity index (χ2v) is 5.57. The molecule has 0 saturated carbocycles. The van der Waals surface area contributed by atoms with E-state index in [4.69, 9.17) is 11.0 Å².